The van der Waals surface area contributed by atoms with Crippen LogP contribution in [-0.4, -0.2) is 66.8 Å². The average molecular weight is 378 g/mol. The molecule has 0 aliphatic carbocycles. The summed E-state index contributed by atoms with van der Waals surface area (Å²) in [6, 6.07) is 5.61. The van der Waals surface area contributed by atoms with Crippen molar-refractivity contribution in [1.82, 2.24) is 15.1 Å². The number of piperazine rings is 1. The third kappa shape index (κ3) is 6.63. The highest BCUT2D eigenvalue weighted by Gasteiger charge is 2.23. The molecule has 2 rings (SSSR count). The number of nitrogens with one attached hydrogen (secondary N) is 2. The fourth-order valence-corrected chi connectivity index (χ4v) is 2.73. The minimum Gasteiger partial charge on any atom is -0.347 e. The van der Waals surface area contributed by atoms with Crippen molar-refractivity contribution in [2.75, 3.05) is 44.6 Å². The van der Waals surface area contributed by atoms with Crippen LogP contribution in [0.15, 0.2) is 24.3 Å². The van der Waals surface area contributed by atoms with Gasteiger partial charge in [0.1, 0.15) is 5.82 Å². The summed E-state index contributed by atoms with van der Waals surface area (Å²) < 4.78 is 12.9. The number of anilines is 1. The molecule has 1 fully saturated rings. The van der Waals surface area contributed by atoms with Gasteiger partial charge in [-0.15, -0.1) is 0 Å². The average Bonchev–Trinajstić information content (AvgIpc) is 2.67. The van der Waals surface area contributed by atoms with Gasteiger partial charge in [0.2, 0.25) is 17.7 Å². The number of benzene rings is 1. The summed E-state index contributed by atoms with van der Waals surface area (Å²) in [6.45, 7) is 6.18. The summed E-state index contributed by atoms with van der Waals surface area (Å²) in [5.74, 6) is -0.852. The zero-order valence-corrected chi connectivity index (χ0v) is 15.8. The van der Waals surface area contributed by atoms with Crippen molar-refractivity contribution in [2.24, 2.45) is 5.92 Å². The fraction of sp³-hybridized carbons (Fsp3) is 0.526. The molecule has 0 bridgehead atoms. The van der Waals surface area contributed by atoms with Crippen LogP contribution in [0.1, 0.15) is 20.3 Å². The first-order valence-corrected chi connectivity index (χ1v) is 9.22. The van der Waals surface area contributed by atoms with E-state index in [1.807, 2.05) is 18.7 Å². The molecule has 1 unspecified atom stereocenters. The highest BCUT2D eigenvalue weighted by atomic mass is 19.1. The van der Waals surface area contributed by atoms with Gasteiger partial charge in [-0.1, -0.05) is 13.8 Å². The Morgan fingerprint density at radius 2 is 1.74 bits per heavy atom. The zero-order chi connectivity index (χ0) is 19.8. The molecular weight excluding hydrogens is 351 g/mol. The molecule has 148 valence electrons. The normalized spacial score (nSPS) is 15.9. The Kier molecular flexibility index (Phi) is 7.72. The van der Waals surface area contributed by atoms with E-state index in [9.17, 15) is 18.8 Å². The molecule has 1 aliphatic heterocycles. The Morgan fingerprint density at radius 1 is 1.11 bits per heavy atom. The van der Waals surface area contributed by atoms with E-state index in [2.05, 4.69) is 10.6 Å². The van der Waals surface area contributed by atoms with Crippen LogP contribution in [0.3, 0.4) is 0 Å². The topological polar surface area (TPSA) is 81.8 Å². The third-order valence-corrected chi connectivity index (χ3v) is 4.69. The predicted octanol–water partition coefficient (Wildman–Crippen LogP) is 1.07. The Bertz CT molecular complexity index is 657. The smallest absolute Gasteiger partial charge is 0.242 e. The molecule has 8 heteroatoms. The summed E-state index contributed by atoms with van der Waals surface area (Å²) in [4.78, 5) is 39.7. The maximum Gasteiger partial charge on any atom is 0.242 e. The lowest BCUT2D eigenvalue weighted by Gasteiger charge is -2.34. The molecule has 0 radical (unpaired) electrons. The second-order valence-corrected chi connectivity index (χ2v) is 6.74. The Labute approximate surface area is 158 Å². The van der Waals surface area contributed by atoms with Crippen molar-refractivity contribution in [3.8, 4) is 0 Å². The van der Waals surface area contributed by atoms with Gasteiger partial charge in [0, 0.05) is 37.8 Å². The Hall–Kier alpha value is -2.48. The number of rotatable bonds is 7. The van der Waals surface area contributed by atoms with Crippen molar-refractivity contribution in [1.29, 1.82) is 0 Å². The number of carbonyl (C=O) groups excluding carboxylic acids is 3. The Morgan fingerprint density at radius 3 is 2.33 bits per heavy atom. The van der Waals surface area contributed by atoms with Crippen LogP contribution in [0.2, 0.25) is 0 Å². The van der Waals surface area contributed by atoms with Gasteiger partial charge in [-0.3, -0.25) is 19.3 Å². The standard InChI is InChI=1S/C19H27FN4O3/c1-3-14(2)19(27)21-12-18(26)24-10-8-23(9-11-24)13-17(25)22-16-6-4-15(20)5-7-16/h4-7,14H,3,8-13H2,1-2H3,(H,21,27)(H,22,25). The second kappa shape index (κ2) is 10.0. The molecule has 1 aliphatic rings. The van der Waals surface area contributed by atoms with Crippen molar-refractivity contribution in [3.63, 3.8) is 0 Å². The van der Waals surface area contributed by atoms with Crippen molar-refractivity contribution >= 4 is 23.4 Å². The van der Waals surface area contributed by atoms with E-state index in [0.717, 1.165) is 6.42 Å². The number of hydrogen-bond donors (Lipinski definition) is 2. The lowest BCUT2D eigenvalue weighted by atomic mass is 10.1. The van der Waals surface area contributed by atoms with Gasteiger partial charge >= 0.3 is 0 Å². The van der Waals surface area contributed by atoms with Gasteiger partial charge in [0.25, 0.3) is 0 Å². The van der Waals surface area contributed by atoms with E-state index >= 15 is 0 Å². The number of hydrogen-bond acceptors (Lipinski definition) is 4. The fourth-order valence-electron chi connectivity index (χ4n) is 2.73. The first-order valence-electron chi connectivity index (χ1n) is 9.22. The summed E-state index contributed by atoms with van der Waals surface area (Å²) in [5.41, 5.74) is 0.548. The van der Waals surface area contributed by atoms with Crippen molar-refractivity contribution < 1.29 is 18.8 Å². The van der Waals surface area contributed by atoms with Crippen LogP contribution in [0, 0.1) is 11.7 Å². The lowest BCUT2D eigenvalue weighted by Crippen LogP contribution is -2.52. The molecule has 1 saturated heterocycles. The second-order valence-electron chi connectivity index (χ2n) is 6.74. The minimum atomic E-state index is -0.353. The number of amides is 3. The Balaban J connectivity index is 1.70. The lowest BCUT2D eigenvalue weighted by molar-refractivity contribution is -0.135. The summed E-state index contributed by atoms with van der Waals surface area (Å²) in [7, 11) is 0. The van der Waals surface area contributed by atoms with E-state index in [-0.39, 0.29) is 42.5 Å². The molecule has 7 nitrogen and oxygen atoms in total. The molecule has 1 aromatic rings. The summed E-state index contributed by atoms with van der Waals surface area (Å²) in [5, 5.41) is 5.39. The van der Waals surface area contributed by atoms with Gasteiger partial charge in [-0.05, 0) is 30.7 Å². The summed E-state index contributed by atoms with van der Waals surface area (Å²) >= 11 is 0. The van der Waals surface area contributed by atoms with Crippen LogP contribution < -0.4 is 10.6 Å². The molecule has 0 spiro atoms. The SMILES string of the molecule is CCC(C)C(=O)NCC(=O)N1CCN(CC(=O)Nc2ccc(F)cc2)CC1. The van der Waals surface area contributed by atoms with Crippen molar-refractivity contribution in [3.05, 3.63) is 30.1 Å². The maximum atomic E-state index is 12.9. The quantitative estimate of drug-likeness (QED) is 0.744. The molecule has 0 aromatic heterocycles. The van der Waals surface area contributed by atoms with E-state index in [4.69, 9.17) is 0 Å². The van der Waals surface area contributed by atoms with Crippen LogP contribution in [0.4, 0.5) is 10.1 Å². The molecule has 1 heterocycles. The largest absolute Gasteiger partial charge is 0.347 e. The van der Waals surface area contributed by atoms with Crippen LogP contribution >= 0.6 is 0 Å². The van der Waals surface area contributed by atoms with E-state index in [1.54, 1.807) is 4.90 Å². The monoisotopic (exact) mass is 378 g/mol. The maximum absolute atomic E-state index is 12.9. The van der Waals surface area contributed by atoms with Gasteiger partial charge in [0.15, 0.2) is 0 Å². The molecule has 2 N–H and O–H groups in total. The third-order valence-electron chi connectivity index (χ3n) is 4.69. The highest BCUT2D eigenvalue weighted by molar-refractivity contribution is 5.92. The zero-order valence-electron chi connectivity index (χ0n) is 15.8. The van der Waals surface area contributed by atoms with E-state index < -0.39 is 0 Å². The molecule has 3 amide bonds. The van der Waals surface area contributed by atoms with Gasteiger partial charge in [-0.25, -0.2) is 4.39 Å². The van der Waals surface area contributed by atoms with E-state index in [1.165, 1.54) is 24.3 Å². The number of carbonyl (C=O) groups is 3. The first kappa shape index (κ1) is 20.8. The molecule has 1 aromatic carbocycles. The van der Waals surface area contributed by atoms with Crippen LogP contribution in [-0.2, 0) is 14.4 Å². The minimum absolute atomic E-state index is 0.00816. The van der Waals surface area contributed by atoms with Crippen LogP contribution in [0.5, 0.6) is 0 Å². The van der Waals surface area contributed by atoms with E-state index in [0.29, 0.717) is 31.9 Å². The van der Waals surface area contributed by atoms with Crippen LogP contribution in [0.25, 0.3) is 0 Å². The van der Waals surface area contributed by atoms with Crippen molar-refractivity contribution in [2.45, 2.75) is 20.3 Å². The van der Waals surface area contributed by atoms with Gasteiger partial charge in [-0.2, -0.15) is 0 Å². The van der Waals surface area contributed by atoms with Gasteiger partial charge < -0.3 is 15.5 Å². The molecule has 1 atom stereocenters. The molecule has 27 heavy (non-hydrogen) atoms. The first-order chi connectivity index (χ1) is 12.9. The molecular formula is C19H27FN4O3. The highest BCUT2D eigenvalue weighted by Crippen LogP contribution is 2.09. The summed E-state index contributed by atoms with van der Waals surface area (Å²) in [6.07, 6.45) is 0.735. The predicted molar refractivity (Wildman–Crippen MR) is 101 cm³/mol. The number of nitrogens with zero attached hydrogens (tertiary/aromatic N) is 2. The van der Waals surface area contributed by atoms with Gasteiger partial charge in [0.05, 0.1) is 13.1 Å². The number of halogens is 1. The molecule has 0 saturated carbocycles.